The average molecular weight is 321 g/mol. The van der Waals surface area contributed by atoms with E-state index in [4.69, 9.17) is 5.11 Å². The largest absolute Gasteiger partial charge is 0.394 e. The maximum Gasteiger partial charge on any atom is 0.202 e. The van der Waals surface area contributed by atoms with Gasteiger partial charge in [-0.05, 0) is 46.9 Å². The molecule has 8 nitrogen and oxygen atoms in total. The van der Waals surface area contributed by atoms with E-state index in [9.17, 15) is 9.60 Å². The van der Waals surface area contributed by atoms with Crippen LogP contribution in [0.15, 0.2) is 27.8 Å². The number of nitrogens with one attached hydrogen (secondary N) is 2. The molecule has 2 atom stereocenters. The Kier molecular flexibility index (Phi) is 4.22. The molecule has 0 fully saturated rings. The number of amidine groups is 1. The number of anilines is 1. The van der Waals surface area contributed by atoms with Crippen LogP contribution in [0.3, 0.4) is 0 Å². The zero-order chi connectivity index (χ0) is 16.4. The molecule has 1 aliphatic carbocycles. The van der Waals surface area contributed by atoms with Crippen molar-refractivity contribution in [1.82, 2.24) is 15.8 Å². The standard InChI is InChI=1S/C14H16FN5O3/c1-7(6-21)16-14-12(19-23-20-14)13(18-22)17-11-4-8-2-3-9(15)5-10(8)11/h2-3,5,7,11,21-22H,4,6H2,1H3,(H,16,20)(H,17,18)/t7-,11?/m0/s1. The van der Waals surface area contributed by atoms with Crippen molar-refractivity contribution in [2.75, 3.05) is 11.9 Å². The molecule has 1 aromatic heterocycles. The Hall–Kier alpha value is -2.52. The van der Waals surface area contributed by atoms with Gasteiger partial charge in [0, 0.05) is 6.04 Å². The van der Waals surface area contributed by atoms with Crippen LogP contribution in [0.5, 0.6) is 0 Å². The summed E-state index contributed by atoms with van der Waals surface area (Å²) in [5.74, 6) is -0.0335. The van der Waals surface area contributed by atoms with E-state index in [1.165, 1.54) is 12.1 Å². The van der Waals surface area contributed by atoms with Crippen LogP contribution in [0.4, 0.5) is 10.2 Å². The first-order valence-corrected chi connectivity index (χ1v) is 7.09. The van der Waals surface area contributed by atoms with E-state index >= 15 is 0 Å². The highest BCUT2D eigenvalue weighted by Crippen LogP contribution is 2.36. The van der Waals surface area contributed by atoms with Crippen LogP contribution in [0, 0.1) is 5.82 Å². The number of halogens is 1. The third-order valence-corrected chi connectivity index (χ3v) is 3.64. The lowest BCUT2D eigenvalue weighted by Gasteiger charge is -2.27. The van der Waals surface area contributed by atoms with E-state index < -0.39 is 0 Å². The van der Waals surface area contributed by atoms with Crippen LogP contribution < -0.4 is 10.8 Å². The summed E-state index contributed by atoms with van der Waals surface area (Å²) in [6.45, 7) is 1.63. The lowest BCUT2D eigenvalue weighted by molar-refractivity contribution is 0.232. The summed E-state index contributed by atoms with van der Waals surface area (Å²) in [7, 11) is 0. The molecule has 1 aliphatic rings. The van der Waals surface area contributed by atoms with Crippen molar-refractivity contribution in [3.8, 4) is 0 Å². The number of benzene rings is 1. The Labute approximate surface area is 131 Å². The van der Waals surface area contributed by atoms with Crippen molar-refractivity contribution in [2.45, 2.75) is 25.4 Å². The maximum absolute atomic E-state index is 13.3. The van der Waals surface area contributed by atoms with Crippen molar-refractivity contribution in [3.05, 3.63) is 40.8 Å². The van der Waals surface area contributed by atoms with Crippen molar-refractivity contribution in [3.63, 3.8) is 0 Å². The molecule has 0 bridgehead atoms. The lowest BCUT2D eigenvalue weighted by atomic mass is 9.83. The Morgan fingerprint density at radius 2 is 2.35 bits per heavy atom. The van der Waals surface area contributed by atoms with Gasteiger partial charge in [0.15, 0.2) is 11.5 Å². The zero-order valence-corrected chi connectivity index (χ0v) is 12.3. The SMILES string of the molecule is C[C@@H](CO)Nc1nonc1C(=NC1Cc2ccc(F)cc21)NO. The van der Waals surface area contributed by atoms with Crippen molar-refractivity contribution < 1.29 is 19.3 Å². The molecule has 1 aromatic carbocycles. The van der Waals surface area contributed by atoms with Gasteiger partial charge in [-0.3, -0.25) is 15.7 Å². The second-order valence-electron chi connectivity index (χ2n) is 5.34. The highest BCUT2D eigenvalue weighted by Gasteiger charge is 2.28. The van der Waals surface area contributed by atoms with Gasteiger partial charge in [-0.1, -0.05) is 6.07 Å². The summed E-state index contributed by atoms with van der Waals surface area (Å²) in [4.78, 5) is 4.34. The summed E-state index contributed by atoms with van der Waals surface area (Å²) in [6.07, 6.45) is 0.641. The van der Waals surface area contributed by atoms with Gasteiger partial charge in [-0.15, -0.1) is 0 Å². The molecule has 2 aromatic rings. The minimum Gasteiger partial charge on any atom is -0.394 e. The highest BCUT2D eigenvalue weighted by molar-refractivity contribution is 6.00. The smallest absolute Gasteiger partial charge is 0.202 e. The first kappa shape index (κ1) is 15.4. The van der Waals surface area contributed by atoms with E-state index in [0.717, 1.165) is 11.1 Å². The lowest BCUT2D eigenvalue weighted by Crippen LogP contribution is -2.27. The molecule has 1 heterocycles. The molecule has 122 valence electrons. The molecule has 0 spiro atoms. The normalized spacial score (nSPS) is 18.1. The fourth-order valence-corrected chi connectivity index (χ4v) is 2.38. The molecular weight excluding hydrogens is 305 g/mol. The predicted octanol–water partition coefficient (Wildman–Crippen LogP) is 1.02. The number of aliphatic imine (C=N–C) groups is 1. The van der Waals surface area contributed by atoms with Gasteiger partial charge < -0.3 is 10.4 Å². The van der Waals surface area contributed by atoms with Crippen LogP contribution in [-0.2, 0) is 6.42 Å². The van der Waals surface area contributed by atoms with Crippen LogP contribution in [0.25, 0.3) is 0 Å². The molecule has 3 rings (SSSR count). The van der Waals surface area contributed by atoms with Crippen LogP contribution in [0.2, 0.25) is 0 Å². The van der Waals surface area contributed by atoms with Gasteiger partial charge in [-0.2, -0.15) is 0 Å². The summed E-state index contributed by atoms with van der Waals surface area (Å²) >= 11 is 0. The first-order valence-electron chi connectivity index (χ1n) is 7.09. The third-order valence-electron chi connectivity index (χ3n) is 3.64. The second-order valence-corrected chi connectivity index (χ2v) is 5.34. The van der Waals surface area contributed by atoms with E-state index in [1.54, 1.807) is 13.0 Å². The molecule has 0 radical (unpaired) electrons. The van der Waals surface area contributed by atoms with Crippen molar-refractivity contribution in [1.29, 1.82) is 0 Å². The van der Waals surface area contributed by atoms with E-state index in [-0.39, 0.29) is 41.9 Å². The number of aliphatic hydroxyl groups is 1. The molecule has 4 N–H and O–H groups in total. The summed E-state index contributed by atoms with van der Waals surface area (Å²) in [6, 6.07) is 3.99. The Balaban J connectivity index is 1.85. The van der Waals surface area contributed by atoms with E-state index in [0.29, 0.717) is 6.42 Å². The molecule has 9 heteroatoms. The van der Waals surface area contributed by atoms with Gasteiger partial charge >= 0.3 is 0 Å². The average Bonchev–Trinajstić information content (AvgIpc) is 2.98. The minimum absolute atomic E-state index is 0.0544. The topological polar surface area (TPSA) is 116 Å². The quantitative estimate of drug-likeness (QED) is 0.369. The van der Waals surface area contributed by atoms with Crippen molar-refractivity contribution in [2.24, 2.45) is 4.99 Å². The summed E-state index contributed by atoms with van der Waals surface area (Å²) < 4.78 is 18.0. The van der Waals surface area contributed by atoms with Gasteiger partial charge in [0.05, 0.1) is 12.6 Å². The molecule has 0 aliphatic heterocycles. The second kappa shape index (κ2) is 6.31. The van der Waals surface area contributed by atoms with Crippen LogP contribution >= 0.6 is 0 Å². The molecule has 1 unspecified atom stereocenters. The van der Waals surface area contributed by atoms with E-state index in [2.05, 4.69) is 25.3 Å². The monoisotopic (exact) mass is 321 g/mol. The number of rotatable bonds is 5. The molecule has 23 heavy (non-hydrogen) atoms. The predicted molar refractivity (Wildman–Crippen MR) is 78.8 cm³/mol. The van der Waals surface area contributed by atoms with Crippen LogP contribution in [0.1, 0.15) is 29.8 Å². The van der Waals surface area contributed by atoms with Gasteiger partial charge in [0.2, 0.25) is 5.82 Å². The van der Waals surface area contributed by atoms with Gasteiger partial charge in [0.1, 0.15) is 5.82 Å². The zero-order valence-electron chi connectivity index (χ0n) is 12.3. The van der Waals surface area contributed by atoms with E-state index in [1.807, 2.05) is 5.48 Å². The first-order chi connectivity index (χ1) is 11.1. The molecular formula is C14H16FN5O3. The number of hydrogen-bond donors (Lipinski definition) is 4. The Morgan fingerprint density at radius 1 is 1.52 bits per heavy atom. The Morgan fingerprint density at radius 3 is 3.09 bits per heavy atom. The number of hydroxylamine groups is 1. The minimum atomic E-state index is -0.329. The van der Waals surface area contributed by atoms with Crippen LogP contribution in [-0.4, -0.2) is 39.1 Å². The van der Waals surface area contributed by atoms with Gasteiger partial charge in [-0.25, -0.2) is 9.02 Å². The number of aliphatic hydroxyl groups excluding tert-OH is 1. The summed E-state index contributed by atoms with van der Waals surface area (Å²) in [5, 5.41) is 28.7. The van der Waals surface area contributed by atoms with Gasteiger partial charge in [0.25, 0.3) is 0 Å². The van der Waals surface area contributed by atoms with Crippen molar-refractivity contribution >= 4 is 11.7 Å². The molecule has 0 saturated heterocycles. The fraction of sp³-hybridized carbons (Fsp3) is 0.357. The number of nitrogens with zero attached hydrogens (tertiary/aromatic N) is 3. The third kappa shape index (κ3) is 3.01. The fourth-order valence-electron chi connectivity index (χ4n) is 2.38. The highest BCUT2D eigenvalue weighted by atomic mass is 19.1. The summed E-state index contributed by atoms with van der Waals surface area (Å²) in [5.41, 5.74) is 3.94. The molecule has 0 amide bonds. The number of hydrogen-bond acceptors (Lipinski definition) is 7. The molecule has 0 saturated carbocycles. The number of aromatic nitrogens is 2. The number of fused-ring (bicyclic) bond motifs is 1. The Bertz CT molecular complexity index is 733. The maximum atomic E-state index is 13.3.